The van der Waals surface area contributed by atoms with E-state index >= 15 is 0 Å². The quantitative estimate of drug-likeness (QED) is 0.580. The molecule has 0 aliphatic carbocycles. The molecule has 33 heavy (non-hydrogen) atoms. The molecule has 1 N–H and O–H groups in total. The first-order chi connectivity index (χ1) is 16.1. The molecule has 0 spiro atoms. The van der Waals surface area contributed by atoms with Gasteiger partial charge in [-0.15, -0.1) is 11.3 Å². The first-order valence-electron chi connectivity index (χ1n) is 10.8. The number of thiazole rings is 1. The number of piperidine rings is 1. The van der Waals surface area contributed by atoms with E-state index in [1.54, 1.807) is 29.2 Å². The van der Waals surface area contributed by atoms with E-state index in [1.807, 2.05) is 23.6 Å². The van der Waals surface area contributed by atoms with Crippen molar-refractivity contribution < 1.29 is 19.1 Å². The number of likely N-dealkylation sites (tertiary alicyclic amines) is 1. The fourth-order valence-corrected chi connectivity index (χ4v) is 4.84. The van der Waals surface area contributed by atoms with Crippen LogP contribution in [0.3, 0.4) is 0 Å². The molecule has 3 heterocycles. The highest BCUT2D eigenvalue weighted by atomic mass is 35.5. The van der Waals surface area contributed by atoms with Gasteiger partial charge in [0.05, 0.1) is 5.69 Å². The number of fused-ring (bicyclic) bond motifs is 1. The maximum absolute atomic E-state index is 12.8. The molecule has 1 fully saturated rings. The fraction of sp³-hybridized carbons (Fsp3) is 0.292. The van der Waals surface area contributed by atoms with Crippen molar-refractivity contribution in [3.05, 3.63) is 58.4 Å². The molecular formula is C24H22ClN3O4S. The molecule has 2 amide bonds. The monoisotopic (exact) mass is 483 g/mol. The normalized spacial score (nSPS) is 15.8. The van der Waals surface area contributed by atoms with Crippen LogP contribution in [-0.2, 0) is 4.79 Å². The Balaban J connectivity index is 1.17. The standard InChI is InChI=1S/C24H22ClN3O4S/c25-18-4-1-16(2-5-18)23(30)28-9-7-15(8-10-28)22(29)27-24-26-19(14-33-24)17-3-6-20-21(13-17)32-12-11-31-20/h1-6,13-15H,7-12H2,(H,26,27,29). The van der Waals surface area contributed by atoms with Crippen molar-refractivity contribution in [3.63, 3.8) is 0 Å². The van der Waals surface area contributed by atoms with Crippen LogP contribution < -0.4 is 14.8 Å². The first-order valence-corrected chi connectivity index (χ1v) is 12.0. The highest BCUT2D eigenvalue weighted by Gasteiger charge is 2.28. The zero-order chi connectivity index (χ0) is 22.8. The van der Waals surface area contributed by atoms with Gasteiger partial charge in [-0.25, -0.2) is 4.98 Å². The van der Waals surface area contributed by atoms with Crippen LogP contribution in [0.25, 0.3) is 11.3 Å². The number of hydrogen-bond acceptors (Lipinski definition) is 6. The van der Waals surface area contributed by atoms with Gasteiger partial charge in [-0.1, -0.05) is 11.6 Å². The van der Waals surface area contributed by atoms with Crippen molar-refractivity contribution in [2.75, 3.05) is 31.6 Å². The second-order valence-corrected chi connectivity index (χ2v) is 9.25. The van der Waals surface area contributed by atoms with Gasteiger partial charge in [-0.3, -0.25) is 9.59 Å². The summed E-state index contributed by atoms with van der Waals surface area (Å²) >= 11 is 7.29. The summed E-state index contributed by atoms with van der Waals surface area (Å²) < 4.78 is 11.2. The summed E-state index contributed by atoms with van der Waals surface area (Å²) in [6.07, 6.45) is 1.23. The van der Waals surface area contributed by atoms with Gasteiger partial charge in [-0.2, -0.15) is 0 Å². The van der Waals surface area contributed by atoms with Gasteiger partial charge in [0.2, 0.25) is 5.91 Å². The molecule has 0 saturated carbocycles. The number of rotatable bonds is 4. The molecule has 1 saturated heterocycles. The lowest BCUT2D eigenvalue weighted by Crippen LogP contribution is -2.41. The van der Waals surface area contributed by atoms with Gasteiger partial charge in [0.1, 0.15) is 13.2 Å². The van der Waals surface area contributed by atoms with Crippen LogP contribution in [0.15, 0.2) is 47.8 Å². The Bertz CT molecular complexity index is 1170. The maximum atomic E-state index is 12.8. The van der Waals surface area contributed by atoms with E-state index in [1.165, 1.54) is 11.3 Å². The Labute approximate surface area is 200 Å². The Hall–Kier alpha value is -3.10. The van der Waals surface area contributed by atoms with Gasteiger partial charge in [-0.05, 0) is 55.3 Å². The van der Waals surface area contributed by atoms with E-state index in [9.17, 15) is 9.59 Å². The largest absolute Gasteiger partial charge is 0.486 e. The second kappa shape index (κ2) is 9.41. The van der Waals surface area contributed by atoms with Gasteiger partial charge in [0.25, 0.3) is 5.91 Å². The molecule has 0 atom stereocenters. The number of nitrogens with one attached hydrogen (secondary N) is 1. The lowest BCUT2D eigenvalue weighted by Gasteiger charge is -2.31. The number of carbonyl (C=O) groups is 2. The predicted molar refractivity (Wildman–Crippen MR) is 127 cm³/mol. The highest BCUT2D eigenvalue weighted by molar-refractivity contribution is 7.14. The van der Waals surface area contributed by atoms with Crippen molar-refractivity contribution in [2.24, 2.45) is 5.92 Å². The molecule has 7 nitrogen and oxygen atoms in total. The fourth-order valence-electron chi connectivity index (χ4n) is 3.99. The van der Waals surface area contributed by atoms with Crippen LogP contribution in [-0.4, -0.2) is 48.0 Å². The summed E-state index contributed by atoms with van der Waals surface area (Å²) in [5.74, 6) is 1.19. The van der Waals surface area contributed by atoms with Crippen LogP contribution in [0, 0.1) is 5.92 Å². The number of hydrogen-bond donors (Lipinski definition) is 1. The molecule has 0 unspecified atom stereocenters. The molecule has 9 heteroatoms. The van der Waals surface area contributed by atoms with E-state index < -0.39 is 0 Å². The average molecular weight is 484 g/mol. The number of ether oxygens (including phenoxy) is 2. The molecule has 3 aromatic rings. The molecule has 0 radical (unpaired) electrons. The predicted octanol–water partition coefficient (Wildman–Crippen LogP) is 4.73. The third-order valence-electron chi connectivity index (χ3n) is 5.82. The van der Waals surface area contributed by atoms with Crippen molar-refractivity contribution >= 4 is 39.9 Å². The summed E-state index contributed by atoms with van der Waals surface area (Å²) in [4.78, 5) is 31.8. The van der Waals surface area contributed by atoms with Crippen LogP contribution >= 0.6 is 22.9 Å². The molecule has 2 aliphatic rings. The molecule has 1 aromatic heterocycles. The number of benzene rings is 2. The second-order valence-electron chi connectivity index (χ2n) is 7.96. The van der Waals surface area contributed by atoms with E-state index in [2.05, 4.69) is 10.3 Å². The van der Waals surface area contributed by atoms with E-state index in [0.29, 0.717) is 60.6 Å². The van der Waals surface area contributed by atoms with Crippen LogP contribution in [0.2, 0.25) is 5.02 Å². The minimum Gasteiger partial charge on any atom is -0.486 e. The van der Waals surface area contributed by atoms with Gasteiger partial charge in [0.15, 0.2) is 16.6 Å². The zero-order valence-electron chi connectivity index (χ0n) is 17.8. The molecule has 2 aliphatic heterocycles. The minimum absolute atomic E-state index is 0.0329. The lowest BCUT2D eigenvalue weighted by molar-refractivity contribution is -0.121. The topological polar surface area (TPSA) is 80.8 Å². The zero-order valence-corrected chi connectivity index (χ0v) is 19.3. The third-order valence-corrected chi connectivity index (χ3v) is 6.83. The Morgan fingerprint density at radius 1 is 1.03 bits per heavy atom. The molecule has 2 aromatic carbocycles. The summed E-state index contributed by atoms with van der Waals surface area (Å²) in [6.45, 7) is 2.16. The van der Waals surface area contributed by atoms with E-state index in [0.717, 1.165) is 17.0 Å². The molecule has 5 rings (SSSR count). The van der Waals surface area contributed by atoms with E-state index in [4.69, 9.17) is 21.1 Å². The lowest BCUT2D eigenvalue weighted by atomic mass is 9.95. The van der Waals surface area contributed by atoms with Crippen LogP contribution in [0.1, 0.15) is 23.2 Å². The molecule has 0 bridgehead atoms. The Morgan fingerprint density at radius 2 is 1.76 bits per heavy atom. The number of amides is 2. The number of halogens is 1. The Morgan fingerprint density at radius 3 is 2.52 bits per heavy atom. The summed E-state index contributed by atoms with van der Waals surface area (Å²) in [6, 6.07) is 12.6. The summed E-state index contributed by atoms with van der Waals surface area (Å²) in [5.41, 5.74) is 2.29. The van der Waals surface area contributed by atoms with Crippen molar-refractivity contribution in [1.82, 2.24) is 9.88 Å². The van der Waals surface area contributed by atoms with Crippen molar-refractivity contribution in [2.45, 2.75) is 12.8 Å². The molecule has 170 valence electrons. The van der Waals surface area contributed by atoms with E-state index in [-0.39, 0.29) is 17.7 Å². The van der Waals surface area contributed by atoms with Crippen LogP contribution in [0.4, 0.5) is 5.13 Å². The number of anilines is 1. The average Bonchev–Trinajstić information content (AvgIpc) is 3.32. The molecular weight excluding hydrogens is 462 g/mol. The van der Waals surface area contributed by atoms with Gasteiger partial charge in [0, 0.05) is 40.5 Å². The first kappa shape index (κ1) is 21.7. The summed E-state index contributed by atoms with van der Waals surface area (Å²) in [7, 11) is 0. The van der Waals surface area contributed by atoms with Crippen LogP contribution in [0.5, 0.6) is 11.5 Å². The number of carbonyl (C=O) groups excluding carboxylic acids is 2. The SMILES string of the molecule is O=C(Nc1nc(-c2ccc3c(c2)OCCO3)cs1)C1CCN(C(=O)c2ccc(Cl)cc2)CC1. The van der Waals surface area contributed by atoms with Gasteiger partial charge >= 0.3 is 0 Å². The van der Waals surface area contributed by atoms with Gasteiger partial charge < -0.3 is 19.7 Å². The summed E-state index contributed by atoms with van der Waals surface area (Å²) in [5, 5.41) is 6.01. The number of nitrogens with zero attached hydrogens (tertiary/aromatic N) is 2. The minimum atomic E-state index is -0.152. The number of aromatic nitrogens is 1. The Kier molecular flexibility index (Phi) is 6.20. The van der Waals surface area contributed by atoms with Crippen molar-refractivity contribution in [3.8, 4) is 22.8 Å². The van der Waals surface area contributed by atoms with Crippen molar-refractivity contribution in [1.29, 1.82) is 0 Å². The maximum Gasteiger partial charge on any atom is 0.253 e. The highest BCUT2D eigenvalue weighted by Crippen LogP contribution is 2.35. The third kappa shape index (κ3) is 4.82. The smallest absolute Gasteiger partial charge is 0.253 e.